The third-order valence-corrected chi connectivity index (χ3v) is 6.55. The van der Waals surface area contributed by atoms with Crippen molar-refractivity contribution >= 4 is 27.0 Å². The topological polar surface area (TPSA) is 68.3 Å². The molecule has 0 spiro atoms. The van der Waals surface area contributed by atoms with Crippen LogP contribution in [0.5, 0.6) is 5.75 Å². The van der Waals surface area contributed by atoms with Crippen LogP contribution in [0.1, 0.15) is 11.3 Å². The Balaban J connectivity index is 1.58. The second kappa shape index (κ2) is 7.92. The van der Waals surface area contributed by atoms with E-state index in [9.17, 15) is 21.6 Å². The Morgan fingerprint density at radius 1 is 1.20 bits per heavy atom. The van der Waals surface area contributed by atoms with Crippen LogP contribution in [0.15, 0.2) is 53.4 Å². The predicted octanol–water partition coefficient (Wildman–Crippen LogP) is 4.87. The van der Waals surface area contributed by atoms with Gasteiger partial charge in [-0.2, -0.15) is 21.6 Å². The van der Waals surface area contributed by atoms with E-state index in [1.165, 1.54) is 12.1 Å². The van der Waals surface area contributed by atoms with E-state index in [1.807, 2.05) is 11.4 Å². The number of rotatable bonds is 5. The summed E-state index contributed by atoms with van der Waals surface area (Å²) in [5.41, 5.74) is -0.826. The molecule has 1 aliphatic rings. The highest BCUT2D eigenvalue weighted by Gasteiger charge is 2.46. The molecule has 5 nitrogen and oxygen atoms in total. The van der Waals surface area contributed by atoms with Crippen molar-refractivity contribution in [3.05, 3.63) is 64.6 Å². The number of hydrogen-bond donors (Lipinski definition) is 1. The van der Waals surface area contributed by atoms with Gasteiger partial charge >= 0.3 is 15.5 Å². The predicted molar refractivity (Wildman–Crippen MR) is 109 cm³/mol. The Morgan fingerprint density at radius 3 is 2.73 bits per heavy atom. The lowest BCUT2D eigenvalue weighted by Crippen LogP contribution is -2.30. The molecule has 2 heterocycles. The molecule has 10 heteroatoms. The highest BCUT2D eigenvalue weighted by Crippen LogP contribution is 2.37. The molecule has 1 aromatic heterocycles. The highest BCUT2D eigenvalue weighted by atomic mass is 32.2. The van der Waals surface area contributed by atoms with Gasteiger partial charge in [0.05, 0.1) is 23.5 Å². The molecule has 30 heavy (non-hydrogen) atoms. The average Bonchev–Trinajstić information content (AvgIpc) is 3.20. The van der Waals surface area contributed by atoms with Gasteiger partial charge in [0.15, 0.2) is 0 Å². The molecule has 0 saturated carbocycles. The molecule has 0 radical (unpaired) electrons. The first-order valence-electron chi connectivity index (χ1n) is 9.04. The van der Waals surface area contributed by atoms with E-state index >= 15 is 0 Å². The molecule has 0 unspecified atom stereocenters. The molecule has 1 atom stereocenters. The summed E-state index contributed by atoms with van der Waals surface area (Å²) in [7, 11) is -5.52. The monoisotopic (exact) mass is 454 g/mol. The van der Waals surface area contributed by atoms with Crippen molar-refractivity contribution in [2.75, 3.05) is 11.3 Å². The molecule has 0 amide bonds. The van der Waals surface area contributed by atoms with Crippen molar-refractivity contribution in [1.29, 1.82) is 0 Å². The van der Waals surface area contributed by atoms with Crippen molar-refractivity contribution in [1.82, 2.24) is 4.98 Å². The standard InChI is InChI=1S/C20H17F3N2O3S2/c21-20(22,23)30(26,27)25-18-4-2-1-3-17(18)14-5-6-15-7-13(10-28-19(15)9-14)8-16-11-29-12-24-16/h1-6,9,11-13,25H,7-8,10H2/t13-/m0/s1. The number of fused-ring (bicyclic) bond motifs is 1. The van der Waals surface area contributed by atoms with Gasteiger partial charge in [-0.3, -0.25) is 4.72 Å². The summed E-state index contributed by atoms with van der Waals surface area (Å²) in [6, 6.07) is 11.3. The molecule has 158 valence electrons. The van der Waals surface area contributed by atoms with Gasteiger partial charge < -0.3 is 4.74 Å². The third kappa shape index (κ3) is 4.29. The summed E-state index contributed by atoms with van der Waals surface area (Å²) < 4.78 is 68.9. The zero-order valence-electron chi connectivity index (χ0n) is 15.5. The van der Waals surface area contributed by atoms with Crippen molar-refractivity contribution in [3.63, 3.8) is 0 Å². The Morgan fingerprint density at radius 2 is 2.00 bits per heavy atom. The van der Waals surface area contributed by atoms with Gasteiger partial charge in [0.25, 0.3) is 0 Å². The molecule has 1 aliphatic heterocycles. The molecule has 0 fully saturated rings. The first-order chi connectivity index (χ1) is 14.2. The fourth-order valence-electron chi connectivity index (χ4n) is 3.39. The third-order valence-electron chi connectivity index (χ3n) is 4.82. The number of benzene rings is 2. The maximum absolute atomic E-state index is 12.8. The number of thiazole rings is 1. The quantitative estimate of drug-likeness (QED) is 0.598. The minimum absolute atomic E-state index is 0.146. The van der Waals surface area contributed by atoms with Gasteiger partial charge in [-0.1, -0.05) is 30.3 Å². The zero-order chi connectivity index (χ0) is 21.4. The smallest absolute Gasteiger partial charge is 0.493 e. The number of ether oxygens (including phenoxy) is 1. The highest BCUT2D eigenvalue weighted by molar-refractivity contribution is 7.93. The molecule has 0 saturated heterocycles. The maximum atomic E-state index is 12.8. The van der Waals surface area contributed by atoms with Crippen LogP contribution in [-0.4, -0.2) is 25.5 Å². The van der Waals surface area contributed by atoms with Crippen LogP contribution in [0.3, 0.4) is 0 Å². The SMILES string of the molecule is O=S(=O)(Nc1ccccc1-c1ccc2c(c1)OC[C@H](Cc1cscn1)C2)C(F)(F)F. The van der Waals surface area contributed by atoms with Crippen LogP contribution in [-0.2, 0) is 22.9 Å². The molecular weight excluding hydrogens is 437 g/mol. The van der Waals surface area contributed by atoms with Crippen LogP contribution >= 0.6 is 11.3 Å². The number of para-hydroxylation sites is 1. The summed E-state index contributed by atoms with van der Waals surface area (Å²) in [5, 5.41) is 2.01. The van der Waals surface area contributed by atoms with E-state index in [0.717, 1.165) is 24.1 Å². The Hall–Kier alpha value is -2.59. The van der Waals surface area contributed by atoms with E-state index in [0.29, 0.717) is 23.5 Å². The molecule has 1 N–H and O–H groups in total. The number of sulfonamides is 1. The second-order valence-electron chi connectivity index (χ2n) is 6.98. The van der Waals surface area contributed by atoms with Gasteiger partial charge in [-0.15, -0.1) is 11.3 Å². The Bertz CT molecular complexity index is 1150. The van der Waals surface area contributed by atoms with Crippen LogP contribution in [0.2, 0.25) is 0 Å². The molecule has 0 aliphatic carbocycles. The lowest BCUT2D eigenvalue weighted by atomic mass is 9.91. The fourth-order valence-corrected chi connectivity index (χ4v) is 4.55. The second-order valence-corrected chi connectivity index (χ2v) is 9.38. The first kappa shape index (κ1) is 20.7. The normalized spacial score (nSPS) is 16.6. The average molecular weight is 454 g/mol. The van der Waals surface area contributed by atoms with Crippen molar-refractivity contribution in [2.45, 2.75) is 18.3 Å². The van der Waals surface area contributed by atoms with E-state index in [4.69, 9.17) is 4.74 Å². The summed E-state index contributed by atoms with van der Waals surface area (Å²) in [6.45, 7) is 0.510. The van der Waals surface area contributed by atoms with Gasteiger partial charge in [0.2, 0.25) is 0 Å². The molecule has 0 bridgehead atoms. The number of nitrogens with one attached hydrogen (secondary N) is 1. The molecular formula is C20H17F3N2O3S2. The Labute approximate surface area is 175 Å². The van der Waals surface area contributed by atoms with Gasteiger partial charge in [-0.25, -0.2) is 4.98 Å². The van der Waals surface area contributed by atoms with Crippen molar-refractivity contribution in [3.8, 4) is 16.9 Å². The molecule has 2 aromatic carbocycles. The molecule has 4 rings (SSSR count). The minimum Gasteiger partial charge on any atom is -0.493 e. The zero-order valence-corrected chi connectivity index (χ0v) is 17.2. The summed E-state index contributed by atoms with van der Waals surface area (Å²) in [5.74, 6) is 0.937. The largest absolute Gasteiger partial charge is 0.516 e. The van der Waals surface area contributed by atoms with Gasteiger partial charge in [-0.05, 0) is 36.1 Å². The van der Waals surface area contributed by atoms with Crippen LogP contribution in [0.4, 0.5) is 18.9 Å². The minimum atomic E-state index is -5.52. The van der Waals surface area contributed by atoms with Crippen LogP contribution in [0, 0.1) is 5.92 Å². The van der Waals surface area contributed by atoms with Crippen molar-refractivity contribution in [2.24, 2.45) is 5.92 Å². The number of hydrogen-bond acceptors (Lipinski definition) is 5. The lowest BCUT2D eigenvalue weighted by molar-refractivity contribution is -0.0429. The van der Waals surface area contributed by atoms with Crippen LogP contribution < -0.4 is 9.46 Å². The lowest BCUT2D eigenvalue weighted by Gasteiger charge is -2.25. The van der Waals surface area contributed by atoms with Crippen molar-refractivity contribution < 1.29 is 26.3 Å². The van der Waals surface area contributed by atoms with Crippen LogP contribution in [0.25, 0.3) is 11.1 Å². The van der Waals surface area contributed by atoms with E-state index in [1.54, 1.807) is 45.8 Å². The van der Waals surface area contributed by atoms with E-state index < -0.39 is 15.5 Å². The molecule has 3 aromatic rings. The van der Waals surface area contributed by atoms with Gasteiger partial charge in [0.1, 0.15) is 5.75 Å². The fraction of sp³-hybridized carbons (Fsp3) is 0.250. The summed E-state index contributed by atoms with van der Waals surface area (Å²) in [6.07, 6.45) is 1.61. The maximum Gasteiger partial charge on any atom is 0.516 e. The number of halogens is 3. The van der Waals surface area contributed by atoms with E-state index in [2.05, 4.69) is 4.98 Å². The number of alkyl halides is 3. The number of anilines is 1. The summed E-state index contributed by atoms with van der Waals surface area (Å²) in [4.78, 5) is 4.30. The van der Waals surface area contributed by atoms with Gasteiger partial charge in [0, 0.05) is 16.9 Å². The number of aromatic nitrogens is 1. The number of nitrogens with zero attached hydrogens (tertiary/aromatic N) is 1. The Kier molecular flexibility index (Phi) is 5.46. The van der Waals surface area contributed by atoms with E-state index in [-0.39, 0.29) is 11.6 Å². The summed E-state index contributed by atoms with van der Waals surface area (Å²) >= 11 is 1.55. The first-order valence-corrected chi connectivity index (χ1v) is 11.5.